The third-order valence-corrected chi connectivity index (χ3v) is 10.5. The van der Waals surface area contributed by atoms with Crippen LogP contribution >= 0.6 is 0 Å². The fourth-order valence-electron chi connectivity index (χ4n) is 6.17. The molecule has 2 amide bonds. The van der Waals surface area contributed by atoms with Gasteiger partial charge < -0.3 is 29.9 Å². The van der Waals surface area contributed by atoms with Crippen LogP contribution in [0.4, 0.5) is 15.5 Å². The van der Waals surface area contributed by atoms with Gasteiger partial charge >= 0.3 is 0 Å². The number of rotatable bonds is 9. The summed E-state index contributed by atoms with van der Waals surface area (Å²) in [6, 6.07) is 14.3. The number of hydrogen-bond acceptors (Lipinski definition) is 5. The smallest absolute Gasteiger partial charge is 0.255 e. The Balaban J connectivity index is 1.39. The molecule has 0 spiro atoms. The van der Waals surface area contributed by atoms with Crippen molar-refractivity contribution in [2.45, 2.75) is 75.9 Å². The zero-order chi connectivity index (χ0) is 27.4. The van der Waals surface area contributed by atoms with Crippen LogP contribution < -0.4 is 11.1 Å². The summed E-state index contributed by atoms with van der Waals surface area (Å²) >= 11 is 0. The Labute approximate surface area is 225 Å². The van der Waals surface area contributed by atoms with Crippen LogP contribution in [0.15, 0.2) is 48.5 Å². The van der Waals surface area contributed by atoms with Gasteiger partial charge in [0.2, 0.25) is 14.3 Å². The van der Waals surface area contributed by atoms with Crippen molar-refractivity contribution in [2.75, 3.05) is 24.2 Å². The predicted molar refractivity (Wildman–Crippen MR) is 150 cm³/mol. The van der Waals surface area contributed by atoms with Crippen LogP contribution in [0.25, 0.3) is 0 Å². The fourth-order valence-corrected chi connectivity index (χ4v) is 8.72. The van der Waals surface area contributed by atoms with E-state index < -0.39 is 14.5 Å². The van der Waals surface area contributed by atoms with Gasteiger partial charge in [-0.05, 0) is 86.7 Å². The van der Waals surface area contributed by atoms with E-state index in [9.17, 15) is 14.7 Å². The molecule has 2 aromatic carbocycles. The highest BCUT2D eigenvalue weighted by Crippen LogP contribution is 2.47. The first-order chi connectivity index (χ1) is 18.1. The largest absolute Gasteiger partial charge is 0.399 e. The molecule has 206 valence electrons. The van der Waals surface area contributed by atoms with Gasteiger partial charge in [0, 0.05) is 29.0 Å². The van der Waals surface area contributed by atoms with Crippen LogP contribution in [0, 0.1) is 5.92 Å². The van der Waals surface area contributed by atoms with Gasteiger partial charge in [0.15, 0.2) is 0 Å². The monoisotopic (exact) mass is 541 g/mol. The van der Waals surface area contributed by atoms with Crippen molar-refractivity contribution in [1.82, 2.24) is 4.90 Å². The van der Waals surface area contributed by atoms with Crippen molar-refractivity contribution in [3.05, 3.63) is 59.7 Å². The molecule has 2 heterocycles. The summed E-state index contributed by atoms with van der Waals surface area (Å²) < 4.78 is 21.9. The van der Waals surface area contributed by atoms with Crippen LogP contribution in [0.2, 0.25) is 18.6 Å². The molecule has 2 aromatic rings. The van der Waals surface area contributed by atoms with E-state index in [1.807, 2.05) is 31.2 Å². The highest BCUT2D eigenvalue weighted by atomic mass is 28.4. The molecule has 0 radical (unpaired) electrons. The molecule has 2 aliphatic rings. The summed E-state index contributed by atoms with van der Waals surface area (Å²) in [7, 11) is -3.10. The van der Waals surface area contributed by atoms with Gasteiger partial charge in [-0.25, -0.2) is 0 Å². The second kappa shape index (κ2) is 12.0. The summed E-state index contributed by atoms with van der Waals surface area (Å²) in [5.41, 5.74) is 8.32. The predicted octanol–water partition coefficient (Wildman–Crippen LogP) is 4.78. The van der Waals surface area contributed by atoms with E-state index in [4.69, 9.17) is 10.5 Å². The Morgan fingerprint density at radius 2 is 1.92 bits per heavy atom. The van der Waals surface area contributed by atoms with E-state index >= 15 is 4.11 Å². The van der Waals surface area contributed by atoms with E-state index in [0.29, 0.717) is 36.3 Å². The number of nitrogens with zero attached hydrogens (tertiary/aromatic N) is 1. The summed E-state index contributed by atoms with van der Waals surface area (Å²) in [5.74, 6) is -0.255. The van der Waals surface area contributed by atoms with Crippen LogP contribution in [-0.4, -0.2) is 61.6 Å². The molecule has 4 N–H and O–H groups in total. The Bertz CT molecular complexity index is 1120. The average Bonchev–Trinajstić information content (AvgIpc) is 3.47. The second-order valence-electron chi connectivity index (χ2n) is 11.2. The molecule has 38 heavy (non-hydrogen) atoms. The number of halogens is 1. The number of aliphatic hydroxyl groups is 1. The van der Waals surface area contributed by atoms with Gasteiger partial charge in [-0.1, -0.05) is 19.1 Å². The zero-order valence-electron chi connectivity index (χ0n) is 22.5. The van der Waals surface area contributed by atoms with Crippen LogP contribution in [0.1, 0.15) is 48.5 Å². The molecule has 7 nitrogen and oxygen atoms in total. The number of carbonyl (C=O) groups is 2. The minimum atomic E-state index is -3.10. The van der Waals surface area contributed by atoms with Gasteiger partial charge in [0.05, 0.1) is 31.3 Å². The molecular weight excluding hydrogens is 501 g/mol. The molecule has 5 atom stereocenters. The van der Waals surface area contributed by atoms with Crippen LogP contribution in [0.5, 0.6) is 0 Å². The quantitative estimate of drug-likeness (QED) is 0.241. The van der Waals surface area contributed by atoms with E-state index in [1.165, 1.54) is 0 Å². The van der Waals surface area contributed by atoms with E-state index in [-0.39, 0.29) is 48.4 Å². The van der Waals surface area contributed by atoms with Crippen LogP contribution in [0.3, 0.4) is 0 Å². The summed E-state index contributed by atoms with van der Waals surface area (Å²) in [6.45, 7) is 6.06. The number of ether oxygens (including phenoxy) is 1. The Hall–Kier alpha value is -2.75. The van der Waals surface area contributed by atoms with Gasteiger partial charge in [0.1, 0.15) is 0 Å². The Morgan fingerprint density at radius 3 is 2.61 bits per heavy atom. The van der Waals surface area contributed by atoms with Gasteiger partial charge in [-0.3, -0.25) is 9.59 Å². The molecule has 4 rings (SSSR count). The highest BCUT2D eigenvalue weighted by molar-refractivity contribution is 6.72. The molecular formula is C29H40FN3O4Si. The van der Waals surface area contributed by atoms with Crippen molar-refractivity contribution < 1.29 is 23.5 Å². The van der Waals surface area contributed by atoms with E-state index in [2.05, 4.69) is 5.32 Å². The SMILES string of the molecule is C[C@H]1[C@H]([Si](C)(C)F)[C@@H](CC(=O)N2CCC[C@H]2CO)O[C@H]1CCc1cccc(NC(=O)c2ccc(N)cc2)c1. The van der Waals surface area contributed by atoms with Gasteiger partial charge in [-0.2, -0.15) is 0 Å². The number of amides is 2. The lowest BCUT2D eigenvalue weighted by Crippen LogP contribution is -2.42. The van der Waals surface area contributed by atoms with Gasteiger partial charge in [-0.15, -0.1) is 0 Å². The molecule has 2 aliphatic heterocycles. The number of nitrogens with one attached hydrogen (secondary N) is 1. The molecule has 0 saturated carbocycles. The minimum Gasteiger partial charge on any atom is -0.399 e. The number of hydrogen-bond donors (Lipinski definition) is 3. The number of carbonyl (C=O) groups excluding carboxylic acids is 2. The Kier molecular flexibility index (Phi) is 8.90. The summed E-state index contributed by atoms with van der Waals surface area (Å²) in [5, 5.41) is 12.5. The lowest BCUT2D eigenvalue weighted by atomic mass is 9.95. The van der Waals surface area contributed by atoms with E-state index in [1.54, 1.807) is 42.3 Å². The molecule has 0 aliphatic carbocycles. The topological polar surface area (TPSA) is 105 Å². The normalized spacial score (nSPS) is 25.5. The average molecular weight is 542 g/mol. The third-order valence-electron chi connectivity index (χ3n) is 8.05. The highest BCUT2D eigenvalue weighted by Gasteiger charge is 2.52. The maximum atomic E-state index is 15.5. The number of nitrogen functional groups attached to an aromatic ring is 1. The number of benzene rings is 2. The molecule has 0 bridgehead atoms. The number of anilines is 2. The number of nitrogens with two attached hydrogens (primary N) is 1. The van der Waals surface area contributed by atoms with Crippen molar-refractivity contribution in [3.63, 3.8) is 0 Å². The summed E-state index contributed by atoms with van der Waals surface area (Å²) in [4.78, 5) is 27.4. The fraction of sp³-hybridized carbons (Fsp3) is 0.517. The molecule has 0 aromatic heterocycles. The van der Waals surface area contributed by atoms with Gasteiger partial charge in [0.25, 0.3) is 5.91 Å². The first kappa shape index (κ1) is 28.3. The maximum Gasteiger partial charge on any atom is 0.255 e. The maximum absolute atomic E-state index is 15.5. The second-order valence-corrected chi connectivity index (χ2v) is 15.0. The van der Waals surface area contributed by atoms with Crippen molar-refractivity contribution >= 4 is 31.6 Å². The van der Waals surface area contributed by atoms with E-state index in [0.717, 1.165) is 18.4 Å². The Morgan fingerprint density at radius 1 is 1.18 bits per heavy atom. The lowest BCUT2D eigenvalue weighted by Gasteiger charge is -2.30. The standard InChI is InChI=1S/C29H40FN3O4Si/c1-19-25(37-26(28(19)38(2,3)30)17-27(35)33-15-5-8-24(33)18-34)14-9-20-6-4-7-23(16-20)32-29(36)21-10-12-22(31)13-11-21/h4,6-7,10-13,16,19,24-26,28,34H,5,8-9,14-15,17-18,31H2,1-3H3,(H,32,36)/t19-,24+,25+,26-,28+/m1/s1. The van der Waals surface area contributed by atoms with Crippen LogP contribution in [-0.2, 0) is 16.0 Å². The molecule has 2 saturated heterocycles. The zero-order valence-corrected chi connectivity index (χ0v) is 23.5. The van der Waals surface area contributed by atoms with Crippen molar-refractivity contribution in [3.8, 4) is 0 Å². The minimum absolute atomic E-state index is 0.0000795. The van der Waals surface area contributed by atoms with Crippen molar-refractivity contribution in [1.29, 1.82) is 0 Å². The molecule has 9 heteroatoms. The van der Waals surface area contributed by atoms with Crippen molar-refractivity contribution in [2.24, 2.45) is 5.92 Å². The first-order valence-electron chi connectivity index (χ1n) is 13.6. The number of aliphatic hydroxyl groups excluding tert-OH is 1. The first-order valence-corrected chi connectivity index (χ1v) is 16.5. The number of likely N-dealkylation sites (tertiary alicyclic amines) is 1. The molecule has 0 unspecified atom stereocenters. The number of aryl methyl sites for hydroxylation is 1. The third kappa shape index (κ3) is 6.62. The summed E-state index contributed by atoms with van der Waals surface area (Å²) in [6.07, 6.45) is 2.66. The lowest BCUT2D eigenvalue weighted by molar-refractivity contribution is -0.135. The molecule has 2 fully saturated rings.